The van der Waals surface area contributed by atoms with Crippen molar-refractivity contribution in [3.05, 3.63) is 16.2 Å². The Morgan fingerprint density at radius 1 is 1.36 bits per heavy atom. The number of imidazole rings is 1. The van der Waals surface area contributed by atoms with E-state index in [2.05, 4.69) is 34.6 Å². The van der Waals surface area contributed by atoms with Crippen LogP contribution in [0.5, 0.6) is 0 Å². The number of anilines is 1. The molecule has 3 rings (SSSR count). The number of fused-ring (bicyclic) bond motifs is 1. The molecule has 0 amide bonds. The fraction of sp³-hybridized carbons (Fsp3) is 0.600. The number of nitrogens with zero attached hydrogens (tertiary/aromatic N) is 3. The molecule has 9 nitrogen and oxygen atoms in total. The molecular formula is C15H24N5O4P. The molecule has 3 heterocycles. The number of hydrogen-bond acceptors (Lipinski definition) is 7. The highest BCUT2D eigenvalue weighted by atomic mass is 31.2. The van der Waals surface area contributed by atoms with Crippen LogP contribution in [0.2, 0.25) is 0 Å². The summed E-state index contributed by atoms with van der Waals surface area (Å²) in [6, 6.07) is 0. The maximum Gasteiger partial charge on any atom is 0.279 e. The lowest BCUT2D eigenvalue weighted by atomic mass is 10.1. The first kappa shape index (κ1) is 18.1. The first-order valence-corrected chi connectivity index (χ1v) is 11.1. The monoisotopic (exact) mass is 369 g/mol. The third-order valence-electron chi connectivity index (χ3n) is 4.31. The van der Waals surface area contributed by atoms with Crippen LogP contribution in [0.25, 0.3) is 11.2 Å². The van der Waals surface area contributed by atoms with Crippen LogP contribution in [0.4, 0.5) is 5.95 Å². The highest BCUT2D eigenvalue weighted by Gasteiger charge is 2.45. The van der Waals surface area contributed by atoms with Crippen molar-refractivity contribution < 1.29 is 14.9 Å². The van der Waals surface area contributed by atoms with E-state index in [-0.39, 0.29) is 17.1 Å². The van der Waals surface area contributed by atoms with E-state index in [0.29, 0.717) is 12.2 Å². The van der Waals surface area contributed by atoms with Crippen LogP contribution in [-0.4, -0.2) is 73.8 Å². The lowest BCUT2D eigenvalue weighted by molar-refractivity contribution is -0.0340. The minimum Gasteiger partial charge on any atom is -0.388 e. The molecule has 1 saturated heterocycles. The van der Waals surface area contributed by atoms with Crippen LogP contribution >= 0.6 is 6.89 Å². The van der Waals surface area contributed by atoms with E-state index in [0.717, 1.165) is 6.16 Å². The van der Waals surface area contributed by atoms with Gasteiger partial charge in [-0.25, -0.2) is 9.97 Å². The molecule has 0 bridgehead atoms. The number of aryl methyl sites for hydroxylation is 1. The zero-order chi connectivity index (χ0) is 18.5. The number of nitrogen functional groups attached to an aromatic ring is 1. The molecule has 0 aliphatic carbocycles. The van der Waals surface area contributed by atoms with E-state index in [1.54, 1.807) is 6.92 Å². The molecule has 0 radical (unpaired) electrons. The molecule has 1 fully saturated rings. The van der Waals surface area contributed by atoms with Crippen molar-refractivity contribution in [1.82, 2.24) is 19.5 Å². The lowest BCUT2D eigenvalue weighted by Crippen LogP contribution is -2.32. The molecule has 2 aromatic rings. The number of nitrogens with two attached hydrogens (primary N) is 1. The van der Waals surface area contributed by atoms with E-state index >= 15 is 0 Å². The lowest BCUT2D eigenvalue weighted by Gasteiger charge is -2.19. The summed E-state index contributed by atoms with van der Waals surface area (Å²) in [6.07, 6.45) is 1.80. The first-order chi connectivity index (χ1) is 11.6. The second-order valence-electron chi connectivity index (χ2n) is 7.16. The van der Waals surface area contributed by atoms with Crippen molar-refractivity contribution in [2.24, 2.45) is 0 Å². The Bertz CT molecular complexity index is 901. The van der Waals surface area contributed by atoms with Crippen molar-refractivity contribution in [1.29, 1.82) is 0 Å². The second kappa shape index (κ2) is 6.25. The standard InChI is InChI=1S/C15H24N5O4P/c1-7-17-12-9(13(23)18-7)19-15(16)20(12)14-11(22)10(21)8(24-14)5-6-25(2,3)4/h8,10-11,14,21-22H,2,5-6H2,1,3-4H3,(H2,16,19)(H,17,18,23)/t8?,10-,11-,14?/m1/s1. The molecule has 1 aliphatic rings. The van der Waals surface area contributed by atoms with Gasteiger partial charge in [-0.15, -0.1) is 13.2 Å². The van der Waals surface area contributed by atoms with Gasteiger partial charge in [-0.2, -0.15) is 0 Å². The predicted molar refractivity (Wildman–Crippen MR) is 98.6 cm³/mol. The Kier molecular flexibility index (Phi) is 4.53. The van der Waals surface area contributed by atoms with Gasteiger partial charge in [-0.1, -0.05) is 0 Å². The van der Waals surface area contributed by atoms with Crippen LogP contribution in [-0.2, 0) is 4.74 Å². The van der Waals surface area contributed by atoms with Gasteiger partial charge in [-0.05, 0) is 32.8 Å². The Balaban J connectivity index is 1.97. The van der Waals surface area contributed by atoms with Crippen LogP contribution < -0.4 is 11.3 Å². The number of H-pyrrole nitrogens is 1. The number of aliphatic hydroxyl groups excluding tert-OH is 2. The van der Waals surface area contributed by atoms with Crippen molar-refractivity contribution in [3.63, 3.8) is 0 Å². The fourth-order valence-corrected chi connectivity index (χ4v) is 3.97. The average Bonchev–Trinajstić information content (AvgIpc) is 2.95. The van der Waals surface area contributed by atoms with E-state index < -0.39 is 37.0 Å². The number of aromatic nitrogens is 4. The van der Waals surface area contributed by atoms with Gasteiger partial charge >= 0.3 is 0 Å². The molecule has 0 spiro atoms. The topological polar surface area (TPSA) is 139 Å². The molecule has 138 valence electrons. The molecule has 5 N–H and O–H groups in total. The van der Waals surface area contributed by atoms with Gasteiger partial charge in [0.15, 0.2) is 17.4 Å². The summed E-state index contributed by atoms with van der Waals surface area (Å²) in [7, 11) is 0. The van der Waals surface area contributed by atoms with Gasteiger partial charge in [0.1, 0.15) is 18.0 Å². The van der Waals surface area contributed by atoms with Gasteiger partial charge in [0.25, 0.3) is 5.56 Å². The van der Waals surface area contributed by atoms with E-state index in [4.69, 9.17) is 10.5 Å². The van der Waals surface area contributed by atoms with Crippen molar-refractivity contribution >= 4 is 30.3 Å². The Labute approximate surface area is 144 Å². The summed E-state index contributed by atoms with van der Waals surface area (Å²) in [5, 5.41) is 20.8. The molecule has 2 aromatic heterocycles. The van der Waals surface area contributed by atoms with Gasteiger partial charge in [-0.3, -0.25) is 9.36 Å². The highest BCUT2D eigenvalue weighted by molar-refractivity contribution is 7.72. The van der Waals surface area contributed by atoms with Gasteiger partial charge < -0.3 is 25.7 Å². The summed E-state index contributed by atoms with van der Waals surface area (Å²) >= 11 is 0. The summed E-state index contributed by atoms with van der Waals surface area (Å²) < 4.78 is 7.25. The third-order valence-corrected chi connectivity index (χ3v) is 5.78. The molecule has 2 unspecified atom stereocenters. The van der Waals surface area contributed by atoms with E-state index in [1.165, 1.54) is 4.57 Å². The summed E-state index contributed by atoms with van der Waals surface area (Å²) in [4.78, 5) is 22.9. The molecule has 0 aromatic carbocycles. The smallest absolute Gasteiger partial charge is 0.279 e. The number of aromatic amines is 1. The van der Waals surface area contributed by atoms with Crippen molar-refractivity contribution in [2.45, 2.75) is 37.9 Å². The van der Waals surface area contributed by atoms with Gasteiger partial charge in [0.05, 0.1) is 6.10 Å². The highest BCUT2D eigenvalue weighted by Crippen LogP contribution is 2.40. The number of rotatable bonds is 4. The first-order valence-electron chi connectivity index (χ1n) is 8.02. The van der Waals surface area contributed by atoms with Crippen LogP contribution in [0.1, 0.15) is 18.5 Å². The zero-order valence-electron chi connectivity index (χ0n) is 14.5. The minimum absolute atomic E-state index is 0.000452. The quantitative estimate of drug-likeness (QED) is 0.544. The number of nitrogens with one attached hydrogen (secondary N) is 1. The molecule has 0 saturated carbocycles. The molecule has 25 heavy (non-hydrogen) atoms. The van der Waals surface area contributed by atoms with Gasteiger partial charge in [0.2, 0.25) is 5.95 Å². The largest absolute Gasteiger partial charge is 0.388 e. The van der Waals surface area contributed by atoms with Gasteiger partial charge in [0, 0.05) is 0 Å². The Morgan fingerprint density at radius 2 is 2.04 bits per heavy atom. The van der Waals surface area contributed by atoms with Crippen LogP contribution in [0, 0.1) is 6.92 Å². The minimum atomic E-state index is -1.28. The average molecular weight is 369 g/mol. The Hall–Kier alpha value is -1.67. The maximum atomic E-state index is 12.0. The van der Waals surface area contributed by atoms with Crippen molar-refractivity contribution in [3.8, 4) is 0 Å². The fourth-order valence-electron chi connectivity index (χ4n) is 3.02. The molecular weight excluding hydrogens is 345 g/mol. The van der Waals surface area contributed by atoms with E-state index in [1.807, 2.05) is 0 Å². The van der Waals surface area contributed by atoms with Crippen LogP contribution in [0.15, 0.2) is 4.79 Å². The second-order valence-corrected chi connectivity index (χ2v) is 11.5. The van der Waals surface area contributed by atoms with E-state index in [9.17, 15) is 15.0 Å². The van der Waals surface area contributed by atoms with Crippen molar-refractivity contribution in [2.75, 3.05) is 25.2 Å². The third kappa shape index (κ3) is 3.37. The molecule has 4 atom stereocenters. The number of ether oxygens (including phenoxy) is 1. The molecule has 1 aliphatic heterocycles. The normalized spacial score (nSPS) is 27.2. The van der Waals surface area contributed by atoms with Crippen LogP contribution in [0.3, 0.4) is 0 Å². The summed E-state index contributed by atoms with van der Waals surface area (Å²) in [6.45, 7) is 4.56. The number of hydrogen-bond donors (Lipinski definition) is 4. The zero-order valence-corrected chi connectivity index (χ0v) is 15.4. The molecule has 10 heteroatoms. The maximum absolute atomic E-state index is 12.0. The predicted octanol–water partition coefficient (Wildman–Crippen LogP) is -0.271. The number of aliphatic hydroxyl groups is 2. The SMILES string of the molecule is C=P(C)(C)CCC1OC(n2c(N)nc3c(=O)[nH]c(C)nc32)[C@H](O)[C@@H]1O. The summed E-state index contributed by atoms with van der Waals surface area (Å²) in [5.41, 5.74) is 5.81. The summed E-state index contributed by atoms with van der Waals surface area (Å²) in [5.74, 6) is 0.396. The Morgan fingerprint density at radius 3 is 2.68 bits per heavy atom.